The molecule has 2 rings (SSSR count). The van der Waals surface area contributed by atoms with Crippen LogP contribution < -0.4 is 10.1 Å². The van der Waals surface area contributed by atoms with E-state index in [0.29, 0.717) is 18.4 Å². The molecule has 0 aromatic carbocycles. The average Bonchev–Trinajstić information content (AvgIpc) is 2.47. The Bertz CT molecular complexity index is 547. The van der Waals surface area contributed by atoms with Gasteiger partial charge in [0, 0.05) is 18.8 Å². The van der Waals surface area contributed by atoms with Crippen molar-refractivity contribution >= 4 is 5.95 Å². The summed E-state index contributed by atoms with van der Waals surface area (Å²) < 4.78 is 18.3. The predicted molar refractivity (Wildman–Crippen MR) is 73.9 cm³/mol. The van der Waals surface area contributed by atoms with Gasteiger partial charge in [-0.05, 0) is 25.0 Å². The third kappa shape index (κ3) is 4.15. The Morgan fingerprint density at radius 1 is 1.30 bits per heavy atom. The second kappa shape index (κ2) is 6.79. The zero-order valence-corrected chi connectivity index (χ0v) is 11.5. The Labute approximate surface area is 117 Å². The Morgan fingerprint density at radius 2 is 2.05 bits per heavy atom. The molecule has 0 aliphatic rings. The molecule has 1 N–H and O–H groups in total. The molecule has 2 aromatic rings. The Kier molecular flexibility index (Phi) is 4.81. The van der Waals surface area contributed by atoms with E-state index in [-0.39, 0.29) is 6.10 Å². The first-order valence-electron chi connectivity index (χ1n) is 6.50. The number of pyridine rings is 1. The predicted octanol–water partition coefficient (Wildman–Crippen LogP) is 2.80. The molecule has 0 bridgehead atoms. The van der Waals surface area contributed by atoms with E-state index in [4.69, 9.17) is 4.74 Å². The number of nitrogens with zero attached hydrogens (tertiary/aromatic N) is 3. The molecule has 0 amide bonds. The van der Waals surface area contributed by atoms with Gasteiger partial charge in [0.1, 0.15) is 0 Å². The molecule has 0 aliphatic carbocycles. The van der Waals surface area contributed by atoms with Crippen LogP contribution in [0.1, 0.15) is 25.8 Å². The maximum absolute atomic E-state index is 12.7. The van der Waals surface area contributed by atoms with E-state index >= 15 is 0 Å². The van der Waals surface area contributed by atoms with Crippen LogP contribution in [0.5, 0.6) is 5.88 Å². The highest BCUT2D eigenvalue weighted by Gasteiger charge is 2.04. The number of ether oxygens (including phenoxy) is 1. The van der Waals surface area contributed by atoms with E-state index < -0.39 is 5.82 Å². The van der Waals surface area contributed by atoms with Crippen molar-refractivity contribution in [2.45, 2.75) is 32.9 Å². The number of rotatable bonds is 6. The topological polar surface area (TPSA) is 59.9 Å². The number of aromatic nitrogens is 3. The quantitative estimate of drug-likeness (QED) is 0.879. The number of anilines is 1. The highest BCUT2D eigenvalue weighted by Crippen LogP contribution is 2.13. The van der Waals surface area contributed by atoms with Gasteiger partial charge in [-0.25, -0.2) is 19.3 Å². The molecule has 106 valence electrons. The zero-order chi connectivity index (χ0) is 14.4. The smallest absolute Gasteiger partial charge is 0.223 e. The molecule has 20 heavy (non-hydrogen) atoms. The molecule has 2 heterocycles. The molecule has 0 spiro atoms. The minimum Gasteiger partial charge on any atom is -0.475 e. The molecule has 2 aromatic heterocycles. The third-order valence-electron chi connectivity index (χ3n) is 2.77. The van der Waals surface area contributed by atoms with E-state index in [2.05, 4.69) is 27.2 Å². The largest absolute Gasteiger partial charge is 0.475 e. The first-order chi connectivity index (χ1) is 9.67. The van der Waals surface area contributed by atoms with Crippen molar-refractivity contribution in [2.24, 2.45) is 0 Å². The minimum atomic E-state index is -0.455. The lowest BCUT2D eigenvalue weighted by molar-refractivity contribution is 0.208. The van der Waals surface area contributed by atoms with Crippen LogP contribution in [0.4, 0.5) is 10.3 Å². The van der Waals surface area contributed by atoms with Gasteiger partial charge in [-0.2, -0.15) is 0 Å². The molecule has 5 nitrogen and oxygen atoms in total. The highest BCUT2D eigenvalue weighted by molar-refractivity contribution is 5.28. The van der Waals surface area contributed by atoms with Crippen LogP contribution in [0.2, 0.25) is 0 Å². The van der Waals surface area contributed by atoms with Crippen molar-refractivity contribution in [2.75, 3.05) is 5.32 Å². The first-order valence-corrected chi connectivity index (χ1v) is 6.50. The van der Waals surface area contributed by atoms with Gasteiger partial charge in [0.25, 0.3) is 0 Å². The van der Waals surface area contributed by atoms with Gasteiger partial charge in [0.05, 0.1) is 18.5 Å². The van der Waals surface area contributed by atoms with Gasteiger partial charge in [-0.1, -0.05) is 6.92 Å². The molecule has 0 fully saturated rings. The summed E-state index contributed by atoms with van der Waals surface area (Å²) in [5, 5.41) is 3.01. The summed E-state index contributed by atoms with van der Waals surface area (Å²) in [4.78, 5) is 11.8. The minimum absolute atomic E-state index is 0.131. The van der Waals surface area contributed by atoms with Crippen LogP contribution in [-0.4, -0.2) is 21.1 Å². The van der Waals surface area contributed by atoms with E-state index in [1.54, 1.807) is 6.20 Å². The molecular weight excluding hydrogens is 259 g/mol. The maximum Gasteiger partial charge on any atom is 0.223 e. The molecule has 0 saturated heterocycles. The van der Waals surface area contributed by atoms with Crippen molar-refractivity contribution in [1.82, 2.24) is 15.0 Å². The fourth-order valence-electron chi connectivity index (χ4n) is 1.50. The van der Waals surface area contributed by atoms with Crippen LogP contribution in [0.25, 0.3) is 0 Å². The number of nitrogens with one attached hydrogen (secondary N) is 1. The van der Waals surface area contributed by atoms with Gasteiger partial charge >= 0.3 is 0 Å². The average molecular weight is 276 g/mol. The lowest BCUT2D eigenvalue weighted by Gasteiger charge is -2.12. The van der Waals surface area contributed by atoms with Gasteiger partial charge in [-0.15, -0.1) is 0 Å². The SMILES string of the molecule is CC[C@H](C)Oc1cc(CNc2ncc(F)cn2)ccn1. The number of hydrogen-bond donors (Lipinski definition) is 1. The van der Waals surface area contributed by atoms with Crippen LogP contribution in [-0.2, 0) is 6.54 Å². The van der Waals surface area contributed by atoms with Gasteiger partial charge < -0.3 is 10.1 Å². The first kappa shape index (κ1) is 14.2. The van der Waals surface area contributed by atoms with Crippen molar-refractivity contribution in [3.8, 4) is 5.88 Å². The van der Waals surface area contributed by atoms with Gasteiger partial charge in [0.15, 0.2) is 5.82 Å². The lowest BCUT2D eigenvalue weighted by Crippen LogP contribution is -2.11. The molecular formula is C14H17FN4O. The molecule has 0 radical (unpaired) electrons. The molecule has 1 atom stereocenters. The fraction of sp³-hybridized carbons (Fsp3) is 0.357. The van der Waals surface area contributed by atoms with Crippen LogP contribution >= 0.6 is 0 Å². The number of halogens is 1. The summed E-state index contributed by atoms with van der Waals surface area (Å²) in [6, 6.07) is 3.74. The summed E-state index contributed by atoms with van der Waals surface area (Å²) >= 11 is 0. The molecule has 0 unspecified atom stereocenters. The summed E-state index contributed by atoms with van der Waals surface area (Å²) in [5.74, 6) is 0.523. The van der Waals surface area contributed by atoms with Gasteiger partial charge in [-0.3, -0.25) is 0 Å². The third-order valence-corrected chi connectivity index (χ3v) is 2.77. The van der Waals surface area contributed by atoms with Crippen LogP contribution in [0, 0.1) is 5.82 Å². The van der Waals surface area contributed by atoms with Crippen molar-refractivity contribution < 1.29 is 9.13 Å². The van der Waals surface area contributed by atoms with Crippen LogP contribution in [0.3, 0.4) is 0 Å². The van der Waals surface area contributed by atoms with E-state index in [0.717, 1.165) is 24.4 Å². The van der Waals surface area contributed by atoms with Crippen molar-refractivity contribution in [3.63, 3.8) is 0 Å². The highest BCUT2D eigenvalue weighted by atomic mass is 19.1. The summed E-state index contributed by atoms with van der Waals surface area (Å²) in [7, 11) is 0. The zero-order valence-electron chi connectivity index (χ0n) is 11.5. The van der Waals surface area contributed by atoms with E-state index in [1.165, 1.54) is 0 Å². The Balaban J connectivity index is 1.95. The number of hydrogen-bond acceptors (Lipinski definition) is 5. The summed E-state index contributed by atoms with van der Waals surface area (Å²) in [5.41, 5.74) is 0.992. The second-order valence-electron chi connectivity index (χ2n) is 4.42. The second-order valence-corrected chi connectivity index (χ2v) is 4.42. The van der Waals surface area contributed by atoms with Crippen LogP contribution in [0.15, 0.2) is 30.7 Å². The van der Waals surface area contributed by atoms with Crippen molar-refractivity contribution in [1.29, 1.82) is 0 Å². The monoisotopic (exact) mass is 276 g/mol. The Hall–Kier alpha value is -2.24. The van der Waals surface area contributed by atoms with Crippen molar-refractivity contribution in [3.05, 3.63) is 42.1 Å². The summed E-state index contributed by atoms with van der Waals surface area (Å²) in [6.07, 6.45) is 5.00. The maximum atomic E-state index is 12.7. The fourth-order valence-corrected chi connectivity index (χ4v) is 1.50. The molecule has 0 saturated carbocycles. The lowest BCUT2D eigenvalue weighted by atomic mass is 10.2. The molecule has 6 heteroatoms. The summed E-state index contributed by atoms with van der Waals surface area (Å²) in [6.45, 7) is 4.58. The van der Waals surface area contributed by atoms with Gasteiger partial charge in [0.2, 0.25) is 11.8 Å². The standard InChI is InChI=1S/C14H17FN4O/c1-3-10(2)20-13-6-11(4-5-16-13)7-17-14-18-8-12(15)9-19-14/h4-6,8-10H,3,7H2,1-2H3,(H,17,18,19)/t10-/m0/s1. The van der Waals surface area contributed by atoms with E-state index in [9.17, 15) is 4.39 Å². The molecule has 0 aliphatic heterocycles. The Morgan fingerprint density at radius 3 is 2.75 bits per heavy atom. The normalized spacial score (nSPS) is 11.9. The van der Waals surface area contributed by atoms with E-state index in [1.807, 2.05) is 19.1 Å².